The van der Waals surface area contributed by atoms with Gasteiger partial charge in [0.25, 0.3) is 0 Å². The van der Waals surface area contributed by atoms with Gasteiger partial charge in [0, 0.05) is 32.6 Å². The van der Waals surface area contributed by atoms with Crippen molar-refractivity contribution >= 4 is 21.8 Å². The molecule has 0 aliphatic carbocycles. The summed E-state index contributed by atoms with van der Waals surface area (Å²) in [4.78, 5) is 25.0. The Morgan fingerprint density at radius 2 is 1.82 bits per heavy atom. The van der Waals surface area contributed by atoms with Crippen molar-refractivity contribution < 1.29 is 27.5 Å². The molecule has 0 saturated carbocycles. The SMILES string of the molecule is O=C(CCNC(=O)[C@@H]1CCCN(S(=O)(=O)c2ccccc2)C1)NCc1ccc2c(c1)OCO2. The van der Waals surface area contributed by atoms with E-state index in [0.29, 0.717) is 37.4 Å². The second-order valence-corrected chi connectivity index (χ2v) is 9.96. The highest BCUT2D eigenvalue weighted by molar-refractivity contribution is 7.89. The van der Waals surface area contributed by atoms with Gasteiger partial charge in [0.1, 0.15) is 0 Å². The van der Waals surface area contributed by atoms with E-state index in [-0.39, 0.29) is 43.0 Å². The van der Waals surface area contributed by atoms with Crippen molar-refractivity contribution in [2.24, 2.45) is 5.92 Å². The van der Waals surface area contributed by atoms with Crippen molar-refractivity contribution in [3.63, 3.8) is 0 Å². The van der Waals surface area contributed by atoms with Gasteiger partial charge in [-0.15, -0.1) is 0 Å². The number of piperidine rings is 1. The van der Waals surface area contributed by atoms with Crippen LogP contribution >= 0.6 is 0 Å². The maximum atomic E-state index is 12.8. The second-order valence-electron chi connectivity index (χ2n) is 8.02. The molecular formula is C23H27N3O6S. The summed E-state index contributed by atoms with van der Waals surface area (Å²) in [5, 5.41) is 5.58. The molecule has 176 valence electrons. The van der Waals surface area contributed by atoms with E-state index in [4.69, 9.17) is 9.47 Å². The normalized spacial score (nSPS) is 18.0. The van der Waals surface area contributed by atoms with Crippen LogP contribution in [0.2, 0.25) is 0 Å². The smallest absolute Gasteiger partial charge is 0.243 e. The summed E-state index contributed by atoms with van der Waals surface area (Å²) in [6, 6.07) is 13.7. The Kier molecular flexibility index (Phi) is 7.14. The fourth-order valence-corrected chi connectivity index (χ4v) is 5.44. The van der Waals surface area contributed by atoms with Crippen LogP contribution in [0.1, 0.15) is 24.8 Å². The van der Waals surface area contributed by atoms with E-state index in [1.807, 2.05) is 12.1 Å². The van der Waals surface area contributed by atoms with Crippen LogP contribution in [0.3, 0.4) is 0 Å². The molecule has 10 heteroatoms. The van der Waals surface area contributed by atoms with E-state index < -0.39 is 15.9 Å². The van der Waals surface area contributed by atoms with Gasteiger partial charge in [-0.2, -0.15) is 4.31 Å². The third kappa shape index (κ3) is 5.63. The predicted octanol–water partition coefficient (Wildman–Crippen LogP) is 1.64. The number of nitrogens with zero attached hydrogens (tertiary/aromatic N) is 1. The summed E-state index contributed by atoms with van der Waals surface area (Å²) in [7, 11) is -3.63. The van der Waals surface area contributed by atoms with Gasteiger partial charge < -0.3 is 20.1 Å². The molecule has 1 saturated heterocycles. The Balaban J connectivity index is 1.21. The third-order valence-electron chi connectivity index (χ3n) is 5.71. The van der Waals surface area contributed by atoms with E-state index >= 15 is 0 Å². The minimum absolute atomic E-state index is 0.134. The van der Waals surface area contributed by atoms with Gasteiger partial charge in [0.15, 0.2) is 11.5 Å². The number of benzene rings is 2. The molecule has 4 rings (SSSR count). The number of hydrogen-bond donors (Lipinski definition) is 2. The fraction of sp³-hybridized carbons (Fsp3) is 0.391. The Labute approximate surface area is 193 Å². The number of rotatable bonds is 8. The number of nitrogens with one attached hydrogen (secondary N) is 2. The van der Waals surface area contributed by atoms with Crippen LogP contribution in [-0.2, 0) is 26.2 Å². The van der Waals surface area contributed by atoms with E-state index in [0.717, 1.165) is 5.56 Å². The maximum absolute atomic E-state index is 12.8. The average Bonchev–Trinajstić information content (AvgIpc) is 3.31. The van der Waals surface area contributed by atoms with E-state index in [9.17, 15) is 18.0 Å². The predicted molar refractivity (Wildman–Crippen MR) is 120 cm³/mol. The molecule has 0 radical (unpaired) electrons. The highest BCUT2D eigenvalue weighted by Gasteiger charge is 2.33. The lowest BCUT2D eigenvalue weighted by Gasteiger charge is -2.31. The van der Waals surface area contributed by atoms with Gasteiger partial charge in [0.05, 0.1) is 10.8 Å². The van der Waals surface area contributed by atoms with Crippen molar-refractivity contribution in [2.75, 3.05) is 26.4 Å². The molecule has 9 nitrogen and oxygen atoms in total. The molecule has 2 aliphatic rings. The molecule has 2 aromatic rings. The van der Waals surface area contributed by atoms with Gasteiger partial charge in [-0.1, -0.05) is 24.3 Å². The first-order chi connectivity index (χ1) is 15.9. The number of amides is 2. The highest BCUT2D eigenvalue weighted by Crippen LogP contribution is 2.32. The highest BCUT2D eigenvalue weighted by atomic mass is 32.2. The molecule has 2 aromatic carbocycles. The first-order valence-corrected chi connectivity index (χ1v) is 12.4. The van der Waals surface area contributed by atoms with Crippen LogP contribution in [0.5, 0.6) is 11.5 Å². The topological polar surface area (TPSA) is 114 Å². The molecule has 2 aliphatic heterocycles. The van der Waals surface area contributed by atoms with Crippen molar-refractivity contribution in [3.8, 4) is 11.5 Å². The molecule has 0 unspecified atom stereocenters. The maximum Gasteiger partial charge on any atom is 0.243 e. The standard InChI is InChI=1S/C23H27N3O6S/c27-22(25-14-17-8-9-20-21(13-17)32-16-31-20)10-11-24-23(28)18-5-4-12-26(15-18)33(29,30)19-6-2-1-3-7-19/h1-3,6-9,13,18H,4-5,10-12,14-16H2,(H,24,28)(H,25,27)/t18-/m1/s1. The fourth-order valence-electron chi connectivity index (χ4n) is 3.90. The van der Waals surface area contributed by atoms with Gasteiger partial charge in [0.2, 0.25) is 28.6 Å². The summed E-state index contributed by atoms with van der Waals surface area (Å²) in [6.45, 7) is 1.26. The van der Waals surface area contributed by atoms with Gasteiger partial charge in [-0.25, -0.2) is 8.42 Å². The molecule has 1 atom stereocenters. The molecular weight excluding hydrogens is 446 g/mol. The number of ether oxygens (including phenoxy) is 2. The molecule has 2 amide bonds. The zero-order valence-corrected chi connectivity index (χ0v) is 19.0. The van der Waals surface area contributed by atoms with Gasteiger partial charge in [-0.05, 0) is 42.7 Å². The summed E-state index contributed by atoms with van der Waals surface area (Å²) in [5.74, 6) is 0.487. The molecule has 33 heavy (non-hydrogen) atoms. The van der Waals surface area contributed by atoms with E-state index in [1.54, 1.807) is 36.4 Å². The van der Waals surface area contributed by atoms with Crippen LogP contribution in [-0.4, -0.2) is 51.0 Å². The third-order valence-corrected chi connectivity index (χ3v) is 7.59. The number of carbonyl (C=O) groups is 2. The molecule has 2 N–H and O–H groups in total. The van der Waals surface area contributed by atoms with Crippen LogP contribution in [0.4, 0.5) is 0 Å². The quantitative estimate of drug-likeness (QED) is 0.603. The van der Waals surface area contributed by atoms with Crippen LogP contribution in [0, 0.1) is 5.92 Å². The molecule has 0 spiro atoms. The summed E-state index contributed by atoms with van der Waals surface area (Å²) in [6.07, 6.45) is 1.36. The molecule has 0 aromatic heterocycles. The van der Waals surface area contributed by atoms with Crippen molar-refractivity contribution in [1.29, 1.82) is 0 Å². The van der Waals surface area contributed by atoms with Crippen molar-refractivity contribution in [2.45, 2.75) is 30.7 Å². The largest absolute Gasteiger partial charge is 0.454 e. The molecule has 0 bridgehead atoms. The lowest BCUT2D eigenvalue weighted by atomic mass is 9.99. The summed E-state index contributed by atoms with van der Waals surface area (Å²) < 4.78 is 37.6. The van der Waals surface area contributed by atoms with Crippen LogP contribution in [0.15, 0.2) is 53.4 Å². The number of carbonyl (C=O) groups excluding carboxylic acids is 2. The Bertz CT molecular complexity index is 1110. The van der Waals surface area contributed by atoms with Crippen molar-refractivity contribution in [1.82, 2.24) is 14.9 Å². The number of fused-ring (bicyclic) bond motifs is 1. The van der Waals surface area contributed by atoms with Crippen LogP contribution < -0.4 is 20.1 Å². The van der Waals surface area contributed by atoms with Crippen molar-refractivity contribution in [3.05, 3.63) is 54.1 Å². The molecule has 1 fully saturated rings. The summed E-state index contributed by atoms with van der Waals surface area (Å²) >= 11 is 0. The molecule has 2 heterocycles. The number of hydrogen-bond acceptors (Lipinski definition) is 6. The van der Waals surface area contributed by atoms with Gasteiger partial charge >= 0.3 is 0 Å². The van der Waals surface area contributed by atoms with Gasteiger partial charge in [-0.3, -0.25) is 9.59 Å². The first-order valence-electron chi connectivity index (χ1n) is 10.9. The monoisotopic (exact) mass is 473 g/mol. The van der Waals surface area contributed by atoms with Crippen LogP contribution in [0.25, 0.3) is 0 Å². The Hall–Kier alpha value is -3.11. The summed E-state index contributed by atoms with van der Waals surface area (Å²) in [5.41, 5.74) is 0.888. The number of sulfonamides is 1. The second kappa shape index (κ2) is 10.2. The zero-order chi connectivity index (χ0) is 23.3. The Morgan fingerprint density at radius 1 is 1.03 bits per heavy atom. The lowest BCUT2D eigenvalue weighted by Crippen LogP contribution is -2.45. The van der Waals surface area contributed by atoms with E-state index in [2.05, 4.69) is 10.6 Å². The minimum atomic E-state index is -3.63. The Morgan fingerprint density at radius 3 is 2.64 bits per heavy atom. The average molecular weight is 474 g/mol. The first kappa shape index (κ1) is 23.1. The lowest BCUT2D eigenvalue weighted by molar-refractivity contribution is -0.126. The zero-order valence-electron chi connectivity index (χ0n) is 18.2. The minimum Gasteiger partial charge on any atom is -0.454 e. The van der Waals surface area contributed by atoms with E-state index in [1.165, 1.54) is 4.31 Å².